The van der Waals surface area contributed by atoms with E-state index in [0.29, 0.717) is 32.0 Å². The number of carbonyl (C=O) groups excluding carboxylic acids is 1. The van der Waals surface area contributed by atoms with Crippen LogP contribution < -0.4 is 0 Å². The molecule has 2 heterocycles. The van der Waals surface area contributed by atoms with E-state index < -0.39 is 16.4 Å². The van der Waals surface area contributed by atoms with Crippen molar-refractivity contribution in [2.45, 2.75) is 38.8 Å². The standard InChI is InChI=1S/C11H19N3O3S/c1-10-4-7-13(8-5-10)18(16,17)14-6-2-3-11(14)12-9-15/h10-11H,2-8H2,1H3. The summed E-state index contributed by atoms with van der Waals surface area (Å²) in [6.45, 7) is 3.72. The Morgan fingerprint density at radius 2 is 1.83 bits per heavy atom. The number of rotatable bonds is 3. The van der Waals surface area contributed by atoms with Crippen molar-refractivity contribution >= 4 is 16.3 Å². The van der Waals surface area contributed by atoms with Crippen LogP contribution in [0.3, 0.4) is 0 Å². The minimum absolute atomic E-state index is 0.449. The van der Waals surface area contributed by atoms with E-state index in [4.69, 9.17) is 0 Å². The minimum atomic E-state index is -3.46. The van der Waals surface area contributed by atoms with Crippen LogP contribution in [0.4, 0.5) is 0 Å². The van der Waals surface area contributed by atoms with Gasteiger partial charge < -0.3 is 0 Å². The van der Waals surface area contributed by atoms with E-state index in [-0.39, 0.29) is 0 Å². The van der Waals surface area contributed by atoms with Crippen molar-refractivity contribution in [1.29, 1.82) is 0 Å². The van der Waals surface area contributed by atoms with Crippen molar-refractivity contribution in [1.82, 2.24) is 8.61 Å². The fraction of sp³-hybridized carbons (Fsp3) is 0.909. The third-order valence-electron chi connectivity index (χ3n) is 3.74. The molecule has 2 rings (SSSR count). The van der Waals surface area contributed by atoms with Crippen molar-refractivity contribution in [2.75, 3.05) is 19.6 Å². The zero-order valence-electron chi connectivity index (χ0n) is 10.6. The highest BCUT2D eigenvalue weighted by molar-refractivity contribution is 7.86. The lowest BCUT2D eigenvalue weighted by Crippen LogP contribution is -2.48. The van der Waals surface area contributed by atoms with Gasteiger partial charge in [-0.2, -0.15) is 22.0 Å². The van der Waals surface area contributed by atoms with Crippen molar-refractivity contribution in [3.8, 4) is 0 Å². The number of isocyanates is 1. The fourth-order valence-electron chi connectivity index (χ4n) is 2.55. The molecule has 18 heavy (non-hydrogen) atoms. The van der Waals surface area contributed by atoms with Crippen LogP contribution >= 0.6 is 0 Å². The second kappa shape index (κ2) is 5.48. The van der Waals surface area contributed by atoms with E-state index in [1.54, 1.807) is 0 Å². The smallest absolute Gasteiger partial charge is 0.211 e. The summed E-state index contributed by atoms with van der Waals surface area (Å²) in [6, 6.07) is 0. The molecule has 7 heteroatoms. The third-order valence-corrected chi connectivity index (χ3v) is 5.78. The zero-order chi connectivity index (χ0) is 13.2. The number of hydrogen-bond donors (Lipinski definition) is 0. The van der Waals surface area contributed by atoms with Gasteiger partial charge in [0.15, 0.2) is 0 Å². The Balaban J connectivity index is 2.12. The third kappa shape index (κ3) is 2.64. The van der Waals surface area contributed by atoms with E-state index in [9.17, 15) is 13.2 Å². The van der Waals surface area contributed by atoms with Gasteiger partial charge in [-0.1, -0.05) is 6.92 Å². The van der Waals surface area contributed by atoms with Crippen molar-refractivity contribution in [2.24, 2.45) is 10.9 Å². The van der Waals surface area contributed by atoms with Crippen LogP contribution in [0.1, 0.15) is 32.6 Å². The lowest BCUT2D eigenvalue weighted by atomic mass is 10.0. The van der Waals surface area contributed by atoms with Crippen molar-refractivity contribution in [3.63, 3.8) is 0 Å². The predicted octanol–water partition coefficient (Wildman–Crippen LogP) is 0.721. The van der Waals surface area contributed by atoms with Crippen LogP contribution in [0.15, 0.2) is 4.99 Å². The summed E-state index contributed by atoms with van der Waals surface area (Å²) in [7, 11) is -3.46. The molecule has 1 atom stereocenters. The largest absolute Gasteiger partial charge is 0.283 e. The molecule has 0 spiro atoms. The molecule has 0 bridgehead atoms. The first kappa shape index (κ1) is 13.7. The molecule has 2 saturated heterocycles. The van der Waals surface area contributed by atoms with Gasteiger partial charge in [-0.15, -0.1) is 0 Å². The highest BCUT2D eigenvalue weighted by Gasteiger charge is 2.39. The molecule has 2 aliphatic heterocycles. The second-order valence-electron chi connectivity index (χ2n) is 5.04. The molecule has 0 aromatic rings. The number of nitrogens with zero attached hydrogens (tertiary/aromatic N) is 3. The quantitative estimate of drug-likeness (QED) is 0.562. The van der Waals surface area contributed by atoms with Crippen LogP contribution in [0, 0.1) is 5.92 Å². The first-order valence-electron chi connectivity index (χ1n) is 6.39. The fourth-order valence-corrected chi connectivity index (χ4v) is 4.33. The molecule has 0 aromatic heterocycles. The first-order valence-corrected chi connectivity index (χ1v) is 7.79. The van der Waals surface area contributed by atoms with Gasteiger partial charge >= 0.3 is 0 Å². The zero-order valence-corrected chi connectivity index (χ0v) is 11.4. The molecule has 2 fully saturated rings. The molecule has 102 valence electrons. The van der Waals surface area contributed by atoms with E-state index in [1.165, 1.54) is 14.7 Å². The maximum Gasteiger partial charge on any atom is 0.283 e. The SMILES string of the molecule is CC1CCN(S(=O)(=O)N2CCCC2N=C=O)CC1. The summed E-state index contributed by atoms with van der Waals surface area (Å²) in [5.41, 5.74) is 0. The Labute approximate surface area is 108 Å². The van der Waals surface area contributed by atoms with E-state index in [2.05, 4.69) is 11.9 Å². The topological polar surface area (TPSA) is 70.1 Å². The normalized spacial score (nSPS) is 28.2. The van der Waals surface area contributed by atoms with Crippen molar-refractivity contribution in [3.05, 3.63) is 0 Å². The maximum atomic E-state index is 12.4. The van der Waals surface area contributed by atoms with Crippen molar-refractivity contribution < 1.29 is 13.2 Å². The summed E-state index contributed by atoms with van der Waals surface area (Å²) in [5, 5.41) is 0. The Bertz CT molecular complexity index is 436. The van der Waals surface area contributed by atoms with Crippen LogP contribution in [0.5, 0.6) is 0 Å². The summed E-state index contributed by atoms with van der Waals surface area (Å²) >= 11 is 0. The molecule has 2 aliphatic rings. The number of aliphatic imine (C=N–C) groups is 1. The molecule has 0 N–H and O–H groups in total. The second-order valence-corrected chi connectivity index (χ2v) is 6.92. The lowest BCUT2D eigenvalue weighted by molar-refractivity contribution is 0.261. The molecule has 0 radical (unpaired) electrons. The lowest BCUT2D eigenvalue weighted by Gasteiger charge is -2.33. The summed E-state index contributed by atoms with van der Waals surface area (Å²) in [5.74, 6) is 0.582. The van der Waals surface area contributed by atoms with E-state index in [1.807, 2.05) is 0 Å². The molecule has 1 unspecified atom stereocenters. The molecular weight excluding hydrogens is 254 g/mol. The van der Waals surface area contributed by atoms with Gasteiger partial charge in [-0.05, 0) is 31.6 Å². The Hall–Kier alpha value is -0.750. The highest BCUT2D eigenvalue weighted by Crippen LogP contribution is 2.27. The Morgan fingerprint density at radius 1 is 1.17 bits per heavy atom. The van der Waals surface area contributed by atoms with Gasteiger partial charge in [0.1, 0.15) is 6.17 Å². The molecule has 0 amide bonds. The minimum Gasteiger partial charge on any atom is -0.211 e. The van der Waals surface area contributed by atoms with E-state index in [0.717, 1.165) is 19.3 Å². The van der Waals surface area contributed by atoms with E-state index >= 15 is 0 Å². The first-order chi connectivity index (χ1) is 8.55. The molecular formula is C11H19N3O3S. The predicted molar refractivity (Wildman–Crippen MR) is 66.7 cm³/mol. The molecule has 0 saturated carbocycles. The maximum absolute atomic E-state index is 12.4. The average Bonchev–Trinajstić information content (AvgIpc) is 2.79. The Morgan fingerprint density at radius 3 is 2.44 bits per heavy atom. The van der Waals surface area contributed by atoms with Gasteiger partial charge in [0.25, 0.3) is 10.2 Å². The van der Waals surface area contributed by atoms with Gasteiger partial charge in [0.05, 0.1) is 0 Å². The summed E-state index contributed by atoms with van der Waals surface area (Å²) in [6.07, 6.45) is 4.08. The van der Waals surface area contributed by atoms with Gasteiger partial charge in [0.2, 0.25) is 6.08 Å². The molecule has 0 aromatic carbocycles. The van der Waals surface area contributed by atoms with Gasteiger partial charge in [-0.25, -0.2) is 4.79 Å². The average molecular weight is 273 g/mol. The molecule has 6 nitrogen and oxygen atoms in total. The molecule has 0 aliphatic carbocycles. The number of hydrogen-bond acceptors (Lipinski definition) is 4. The number of piperidine rings is 1. The Kier molecular flexibility index (Phi) is 4.17. The van der Waals surface area contributed by atoms with Crippen LogP contribution in [-0.4, -0.2) is 48.9 Å². The van der Waals surface area contributed by atoms with Crippen LogP contribution in [0.2, 0.25) is 0 Å². The van der Waals surface area contributed by atoms with Gasteiger partial charge in [0, 0.05) is 19.6 Å². The van der Waals surface area contributed by atoms with Crippen LogP contribution in [0.25, 0.3) is 0 Å². The van der Waals surface area contributed by atoms with Gasteiger partial charge in [-0.3, -0.25) is 0 Å². The highest BCUT2D eigenvalue weighted by atomic mass is 32.2. The van der Waals surface area contributed by atoms with Crippen LogP contribution in [-0.2, 0) is 15.0 Å². The summed E-state index contributed by atoms with van der Waals surface area (Å²) < 4.78 is 27.7. The summed E-state index contributed by atoms with van der Waals surface area (Å²) in [4.78, 5) is 13.9. The monoisotopic (exact) mass is 273 g/mol.